The lowest BCUT2D eigenvalue weighted by Crippen LogP contribution is -2.22. The Hall–Kier alpha value is -0.280. The van der Waals surface area contributed by atoms with E-state index < -0.39 is 24.7 Å². The van der Waals surface area contributed by atoms with E-state index in [9.17, 15) is 17.6 Å². The molecule has 0 saturated carbocycles. The molecule has 2 unspecified atom stereocenters. The van der Waals surface area contributed by atoms with Crippen LogP contribution in [0.4, 0.5) is 17.6 Å². The molecule has 0 aromatic carbocycles. The van der Waals surface area contributed by atoms with E-state index >= 15 is 0 Å². The highest BCUT2D eigenvalue weighted by Crippen LogP contribution is 2.29. The van der Waals surface area contributed by atoms with Gasteiger partial charge in [0.2, 0.25) is 0 Å². The van der Waals surface area contributed by atoms with Gasteiger partial charge in [-0.1, -0.05) is 6.92 Å². The first kappa shape index (κ1) is 9.72. The molecule has 0 heterocycles. The van der Waals surface area contributed by atoms with E-state index in [2.05, 4.69) is 0 Å². The average molecular weight is 158 g/mol. The molecule has 0 fully saturated rings. The van der Waals surface area contributed by atoms with Crippen molar-refractivity contribution in [3.63, 3.8) is 0 Å². The van der Waals surface area contributed by atoms with E-state index in [0.717, 1.165) is 13.8 Å². The Balaban J connectivity index is 3.73. The molecular formula is C6H10F4. The van der Waals surface area contributed by atoms with Crippen molar-refractivity contribution in [3.05, 3.63) is 0 Å². The first-order valence-electron chi connectivity index (χ1n) is 3.05. The fourth-order valence-corrected chi connectivity index (χ4v) is 0.621. The fourth-order valence-electron chi connectivity index (χ4n) is 0.621. The molecule has 4 heteroatoms. The molecule has 0 radical (unpaired) electrons. The minimum atomic E-state index is -4.25. The maximum atomic E-state index is 12.0. The minimum Gasteiger partial charge on any atom is -0.248 e. The van der Waals surface area contributed by atoms with Gasteiger partial charge in [-0.05, 0) is 13.3 Å². The monoisotopic (exact) mass is 158 g/mol. The third-order valence-corrected chi connectivity index (χ3v) is 1.24. The van der Waals surface area contributed by atoms with Crippen LogP contribution in [-0.4, -0.2) is 12.3 Å². The van der Waals surface area contributed by atoms with Gasteiger partial charge >= 0.3 is 6.18 Å². The van der Waals surface area contributed by atoms with E-state index in [1.165, 1.54) is 0 Å². The van der Waals surface area contributed by atoms with Crippen LogP contribution in [0.15, 0.2) is 0 Å². The van der Waals surface area contributed by atoms with Crippen molar-refractivity contribution < 1.29 is 17.6 Å². The molecule has 0 aromatic rings. The summed E-state index contributed by atoms with van der Waals surface area (Å²) in [6.07, 6.45) is -6.07. The van der Waals surface area contributed by atoms with Gasteiger partial charge in [0.25, 0.3) is 0 Å². The maximum absolute atomic E-state index is 12.0. The summed E-state index contributed by atoms with van der Waals surface area (Å²) < 4.78 is 46.9. The van der Waals surface area contributed by atoms with E-state index in [0.29, 0.717) is 0 Å². The van der Waals surface area contributed by atoms with Gasteiger partial charge in [0.05, 0.1) is 12.1 Å². The lowest BCUT2D eigenvalue weighted by Gasteiger charge is -2.15. The fraction of sp³-hybridized carbons (Fsp3) is 1.00. The summed E-state index contributed by atoms with van der Waals surface area (Å²) in [5.41, 5.74) is 0. The third kappa shape index (κ3) is 3.69. The Kier molecular flexibility index (Phi) is 3.12. The van der Waals surface area contributed by atoms with Crippen LogP contribution >= 0.6 is 0 Å². The van der Waals surface area contributed by atoms with Gasteiger partial charge in [-0.15, -0.1) is 0 Å². The summed E-state index contributed by atoms with van der Waals surface area (Å²) in [5.74, 6) is -1.53. The molecule has 0 spiro atoms. The van der Waals surface area contributed by atoms with E-state index in [1.807, 2.05) is 0 Å². The zero-order valence-corrected chi connectivity index (χ0v) is 5.87. The van der Waals surface area contributed by atoms with Crippen LogP contribution < -0.4 is 0 Å². The average Bonchev–Trinajstić information content (AvgIpc) is 1.60. The van der Waals surface area contributed by atoms with Gasteiger partial charge in [0.1, 0.15) is 0 Å². The topological polar surface area (TPSA) is 0 Å². The number of alkyl halides is 4. The molecule has 0 aromatic heterocycles. The number of hydrogen-bond acceptors (Lipinski definition) is 0. The van der Waals surface area contributed by atoms with Crippen molar-refractivity contribution in [2.45, 2.75) is 32.6 Å². The summed E-state index contributed by atoms with van der Waals surface area (Å²) in [5, 5.41) is 0. The Morgan fingerprint density at radius 3 is 1.70 bits per heavy atom. The molecule has 2 atom stereocenters. The van der Waals surface area contributed by atoms with Crippen molar-refractivity contribution in [1.82, 2.24) is 0 Å². The number of halogens is 4. The molecule has 0 aliphatic carbocycles. The van der Waals surface area contributed by atoms with E-state index in [-0.39, 0.29) is 0 Å². The molecule has 0 N–H and O–H groups in total. The first-order valence-corrected chi connectivity index (χ1v) is 3.05. The van der Waals surface area contributed by atoms with E-state index in [4.69, 9.17) is 0 Å². The van der Waals surface area contributed by atoms with Crippen molar-refractivity contribution in [2.24, 2.45) is 5.92 Å². The SMILES string of the molecule is CC(F)CC(C)C(F)(F)F. The maximum Gasteiger partial charge on any atom is 0.391 e. The largest absolute Gasteiger partial charge is 0.391 e. The summed E-state index contributed by atoms with van der Waals surface area (Å²) in [4.78, 5) is 0. The third-order valence-electron chi connectivity index (χ3n) is 1.24. The quantitative estimate of drug-likeness (QED) is 0.542. The normalized spacial score (nSPS) is 18.6. The highest BCUT2D eigenvalue weighted by molar-refractivity contribution is 4.64. The van der Waals surface area contributed by atoms with Crippen LogP contribution in [0.2, 0.25) is 0 Å². The molecule has 0 aliphatic rings. The Morgan fingerprint density at radius 2 is 1.60 bits per heavy atom. The molecule has 0 nitrogen and oxygen atoms in total. The highest BCUT2D eigenvalue weighted by Gasteiger charge is 2.36. The van der Waals surface area contributed by atoms with Crippen LogP contribution in [-0.2, 0) is 0 Å². The van der Waals surface area contributed by atoms with Crippen LogP contribution in [0.5, 0.6) is 0 Å². The second-order valence-corrected chi connectivity index (χ2v) is 2.46. The summed E-state index contributed by atoms with van der Waals surface area (Å²) in [6, 6.07) is 0. The van der Waals surface area contributed by atoms with Crippen molar-refractivity contribution in [2.75, 3.05) is 0 Å². The number of rotatable bonds is 2. The van der Waals surface area contributed by atoms with E-state index in [1.54, 1.807) is 0 Å². The molecule has 0 rings (SSSR count). The molecular weight excluding hydrogens is 148 g/mol. The highest BCUT2D eigenvalue weighted by atomic mass is 19.4. The van der Waals surface area contributed by atoms with Gasteiger partial charge in [0, 0.05) is 0 Å². The standard InChI is InChI=1S/C6H10F4/c1-4(3-5(2)7)6(8,9)10/h4-5H,3H2,1-2H3. The number of hydrogen-bond donors (Lipinski definition) is 0. The molecule has 0 bridgehead atoms. The van der Waals surface area contributed by atoms with Crippen LogP contribution in [0.25, 0.3) is 0 Å². The van der Waals surface area contributed by atoms with Crippen LogP contribution in [0.3, 0.4) is 0 Å². The minimum absolute atomic E-state index is 0.441. The molecule has 0 amide bonds. The summed E-state index contributed by atoms with van der Waals surface area (Å²) in [7, 11) is 0. The smallest absolute Gasteiger partial charge is 0.248 e. The molecule has 62 valence electrons. The second-order valence-electron chi connectivity index (χ2n) is 2.46. The lowest BCUT2D eigenvalue weighted by atomic mass is 10.1. The van der Waals surface area contributed by atoms with Crippen LogP contribution in [0.1, 0.15) is 20.3 Å². The van der Waals surface area contributed by atoms with Gasteiger partial charge in [-0.3, -0.25) is 0 Å². The predicted molar refractivity (Wildman–Crippen MR) is 30.4 cm³/mol. The zero-order chi connectivity index (χ0) is 8.36. The van der Waals surface area contributed by atoms with Gasteiger partial charge in [0.15, 0.2) is 0 Å². The summed E-state index contributed by atoms with van der Waals surface area (Å²) >= 11 is 0. The zero-order valence-electron chi connectivity index (χ0n) is 5.87. The van der Waals surface area contributed by atoms with Gasteiger partial charge < -0.3 is 0 Å². The first-order chi connectivity index (χ1) is 4.34. The summed E-state index contributed by atoms with van der Waals surface area (Å²) in [6.45, 7) is 2.11. The van der Waals surface area contributed by atoms with Crippen molar-refractivity contribution in [1.29, 1.82) is 0 Å². The lowest BCUT2D eigenvalue weighted by molar-refractivity contribution is -0.174. The Labute approximate surface area is 57.2 Å². The van der Waals surface area contributed by atoms with Crippen LogP contribution in [0, 0.1) is 5.92 Å². The van der Waals surface area contributed by atoms with Crippen molar-refractivity contribution in [3.8, 4) is 0 Å². The van der Waals surface area contributed by atoms with Gasteiger partial charge in [-0.2, -0.15) is 13.2 Å². The second kappa shape index (κ2) is 3.21. The molecule has 0 aliphatic heterocycles. The Morgan fingerprint density at radius 1 is 1.20 bits per heavy atom. The van der Waals surface area contributed by atoms with Gasteiger partial charge in [-0.25, -0.2) is 4.39 Å². The Bertz CT molecular complexity index is 94.4. The molecule has 0 saturated heterocycles. The predicted octanol–water partition coefficient (Wildman–Crippen LogP) is 2.93. The molecule has 10 heavy (non-hydrogen) atoms. The van der Waals surface area contributed by atoms with Crippen molar-refractivity contribution >= 4 is 0 Å².